The molecule has 0 aromatic heterocycles. The molecule has 0 bridgehead atoms. The SMILES string of the molecule is CC(NC1CCC(C)(C)CC1)C1CC1. The quantitative estimate of drug-likeness (QED) is 0.728. The van der Waals surface area contributed by atoms with Crippen LogP contribution in [0.3, 0.4) is 0 Å². The van der Waals surface area contributed by atoms with Crippen LogP contribution in [0.15, 0.2) is 0 Å². The highest BCUT2D eigenvalue weighted by molar-refractivity contribution is 4.88. The van der Waals surface area contributed by atoms with Gasteiger partial charge in [0.25, 0.3) is 0 Å². The molecule has 1 atom stereocenters. The Morgan fingerprint density at radius 2 is 1.64 bits per heavy atom. The average Bonchev–Trinajstić information content (AvgIpc) is 2.91. The summed E-state index contributed by atoms with van der Waals surface area (Å²) in [6.07, 6.45) is 8.52. The molecule has 2 rings (SSSR count). The van der Waals surface area contributed by atoms with Gasteiger partial charge in [0.15, 0.2) is 0 Å². The van der Waals surface area contributed by atoms with E-state index in [1.807, 2.05) is 0 Å². The molecule has 0 aromatic rings. The maximum atomic E-state index is 3.82. The van der Waals surface area contributed by atoms with Crippen LogP contribution in [-0.2, 0) is 0 Å². The van der Waals surface area contributed by atoms with Crippen LogP contribution in [0.5, 0.6) is 0 Å². The summed E-state index contributed by atoms with van der Waals surface area (Å²) in [6.45, 7) is 7.19. The maximum Gasteiger partial charge on any atom is 0.00700 e. The molecule has 2 aliphatic rings. The largest absolute Gasteiger partial charge is 0.311 e. The Balaban J connectivity index is 1.72. The highest BCUT2D eigenvalue weighted by atomic mass is 15.0. The van der Waals surface area contributed by atoms with Crippen molar-refractivity contribution in [2.45, 2.75) is 71.4 Å². The Morgan fingerprint density at radius 1 is 1.07 bits per heavy atom. The number of hydrogen-bond acceptors (Lipinski definition) is 1. The predicted octanol–water partition coefficient (Wildman–Crippen LogP) is 3.34. The van der Waals surface area contributed by atoms with E-state index in [0.717, 1.165) is 18.0 Å². The predicted molar refractivity (Wildman–Crippen MR) is 61.4 cm³/mol. The smallest absolute Gasteiger partial charge is 0.00700 e. The van der Waals surface area contributed by atoms with Crippen LogP contribution in [0.1, 0.15) is 59.3 Å². The summed E-state index contributed by atoms with van der Waals surface area (Å²) in [5.41, 5.74) is 0.612. The molecule has 1 N–H and O–H groups in total. The van der Waals surface area contributed by atoms with Gasteiger partial charge in [0.05, 0.1) is 0 Å². The van der Waals surface area contributed by atoms with E-state index in [0.29, 0.717) is 5.41 Å². The highest BCUT2D eigenvalue weighted by Gasteiger charge is 2.32. The van der Waals surface area contributed by atoms with Crippen molar-refractivity contribution in [2.75, 3.05) is 0 Å². The van der Waals surface area contributed by atoms with Crippen LogP contribution in [0.4, 0.5) is 0 Å². The van der Waals surface area contributed by atoms with Gasteiger partial charge in [0.1, 0.15) is 0 Å². The minimum atomic E-state index is 0.612. The zero-order valence-electron chi connectivity index (χ0n) is 9.97. The van der Waals surface area contributed by atoms with E-state index in [2.05, 4.69) is 26.1 Å². The molecule has 0 aromatic carbocycles. The van der Waals surface area contributed by atoms with Crippen LogP contribution in [0.25, 0.3) is 0 Å². The van der Waals surface area contributed by atoms with Crippen LogP contribution < -0.4 is 5.32 Å². The van der Waals surface area contributed by atoms with Gasteiger partial charge in [-0.1, -0.05) is 13.8 Å². The lowest BCUT2D eigenvalue weighted by molar-refractivity contribution is 0.197. The molecule has 1 unspecified atom stereocenters. The lowest BCUT2D eigenvalue weighted by Crippen LogP contribution is -2.41. The summed E-state index contributed by atoms with van der Waals surface area (Å²) in [4.78, 5) is 0. The Morgan fingerprint density at radius 3 is 2.14 bits per heavy atom. The second-order valence-electron chi connectivity index (χ2n) is 6.23. The standard InChI is InChI=1S/C13H25N/c1-10(11-4-5-11)14-12-6-8-13(2,3)9-7-12/h10-12,14H,4-9H2,1-3H3. The van der Waals surface area contributed by atoms with E-state index >= 15 is 0 Å². The Labute approximate surface area is 88.7 Å². The van der Waals surface area contributed by atoms with Crippen LogP contribution >= 0.6 is 0 Å². The number of rotatable bonds is 3. The van der Waals surface area contributed by atoms with Gasteiger partial charge in [-0.2, -0.15) is 0 Å². The van der Waals surface area contributed by atoms with Gasteiger partial charge in [-0.15, -0.1) is 0 Å². The summed E-state index contributed by atoms with van der Waals surface area (Å²) in [5.74, 6) is 1.00. The van der Waals surface area contributed by atoms with Gasteiger partial charge in [-0.25, -0.2) is 0 Å². The fourth-order valence-corrected chi connectivity index (χ4v) is 2.67. The van der Waals surface area contributed by atoms with Crippen molar-refractivity contribution in [3.63, 3.8) is 0 Å². The molecule has 2 fully saturated rings. The van der Waals surface area contributed by atoms with Crippen LogP contribution in [0.2, 0.25) is 0 Å². The third kappa shape index (κ3) is 2.73. The minimum Gasteiger partial charge on any atom is -0.311 e. The lowest BCUT2D eigenvalue weighted by Gasteiger charge is -2.36. The van der Waals surface area contributed by atoms with Crippen molar-refractivity contribution in [3.8, 4) is 0 Å². The fourth-order valence-electron chi connectivity index (χ4n) is 2.67. The Bertz CT molecular complexity index is 183. The fraction of sp³-hybridized carbons (Fsp3) is 1.00. The average molecular weight is 195 g/mol. The molecule has 2 aliphatic carbocycles. The van der Waals surface area contributed by atoms with E-state index in [-0.39, 0.29) is 0 Å². The Hall–Kier alpha value is -0.0400. The highest BCUT2D eigenvalue weighted by Crippen LogP contribution is 2.37. The molecule has 0 aliphatic heterocycles. The first kappa shape index (κ1) is 10.5. The van der Waals surface area contributed by atoms with Crippen molar-refractivity contribution >= 4 is 0 Å². The maximum absolute atomic E-state index is 3.82. The summed E-state index contributed by atoms with van der Waals surface area (Å²) in [6, 6.07) is 1.60. The number of nitrogens with one attached hydrogen (secondary N) is 1. The normalized spacial score (nSPS) is 30.2. The van der Waals surface area contributed by atoms with E-state index in [4.69, 9.17) is 0 Å². The second-order valence-corrected chi connectivity index (χ2v) is 6.23. The lowest BCUT2D eigenvalue weighted by atomic mass is 9.75. The molecular weight excluding hydrogens is 170 g/mol. The molecule has 0 saturated heterocycles. The van der Waals surface area contributed by atoms with Crippen molar-refractivity contribution < 1.29 is 0 Å². The second kappa shape index (κ2) is 3.84. The van der Waals surface area contributed by atoms with E-state index in [9.17, 15) is 0 Å². The summed E-state index contributed by atoms with van der Waals surface area (Å²) in [5, 5.41) is 3.82. The third-order valence-electron chi connectivity index (χ3n) is 4.17. The molecule has 2 saturated carbocycles. The summed E-state index contributed by atoms with van der Waals surface area (Å²) in [7, 11) is 0. The van der Waals surface area contributed by atoms with E-state index in [1.54, 1.807) is 0 Å². The summed E-state index contributed by atoms with van der Waals surface area (Å²) >= 11 is 0. The van der Waals surface area contributed by atoms with Gasteiger partial charge in [-0.05, 0) is 56.8 Å². The molecule has 1 heteroatoms. The summed E-state index contributed by atoms with van der Waals surface area (Å²) < 4.78 is 0. The van der Waals surface area contributed by atoms with Gasteiger partial charge >= 0.3 is 0 Å². The molecule has 0 radical (unpaired) electrons. The van der Waals surface area contributed by atoms with Crippen molar-refractivity contribution in [1.82, 2.24) is 5.32 Å². The molecule has 0 spiro atoms. The molecular formula is C13H25N. The van der Waals surface area contributed by atoms with Gasteiger partial charge < -0.3 is 5.32 Å². The van der Waals surface area contributed by atoms with Gasteiger partial charge in [0, 0.05) is 12.1 Å². The molecule has 82 valence electrons. The number of hydrogen-bond donors (Lipinski definition) is 1. The first-order valence-corrected chi connectivity index (χ1v) is 6.33. The van der Waals surface area contributed by atoms with Gasteiger partial charge in [-0.3, -0.25) is 0 Å². The topological polar surface area (TPSA) is 12.0 Å². The molecule has 0 heterocycles. The van der Waals surface area contributed by atoms with Crippen LogP contribution in [-0.4, -0.2) is 12.1 Å². The zero-order valence-corrected chi connectivity index (χ0v) is 9.97. The zero-order chi connectivity index (χ0) is 10.2. The van der Waals surface area contributed by atoms with Crippen LogP contribution in [0, 0.1) is 11.3 Å². The monoisotopic (exact) mass is 195 g/mol. The molecule has 1 nitrogen and oxygen atoms in total. The van der Waals surface area contributed by atoms with Crippen molar-refractivity contribution in [3.05, 3.63) is 0 Å². The van der Waals surface area contributed by atoms with E-state index < -0.39 is 0 Å². The molecule has 0 amide bonds. The van der Waals surface area contributed by atoms with Gasteiger partial charge in [0.2, 0.25) is 0 Å². The molecule has 14 heavy (non-hydrogen) atoms. The van der Waals surface area contributed by atoms with E-state index in [1.165, 1.54) is 38.5 Å². The van der Waals surface area contributed by atoms with Crippen molar-refractivity contribution in [2.24, 2.45) is 11.3 Å². The third-order valence-corrected chi connectivity index (χ3v) is 4.17. The van der Waals surface area contributed by atoms with Crippen molar-refractivity contribution in [1.29, 1.82) is 0 Å². The first-order valence-electron chi connectivity index (χ1n) is 6.33. The Kier molecular flexibility index (Phi) is 2.88. The first-order chi connectivity index (χ1) is 6.57. The minimum absolute atomic E-state index is 0.612.